The molecule has 1 aromatic heterocycles. The number of amides is 2. The van der Waals surface area contributed by atoms with Gasteiger partial charge in [0.15, 0.2) is 5.69 Å². The lowest BCUT2D eigenvalue weighted by Gasteiger charge is -2.15. The molecule has 0 aliphatic heterocycles. The third-order valence-corrected chi connectivity index (χ3v) is 6.12. The van der Waals surface area contributed by atoms with E-state index in [0.717, 1.165) is 60.3 Å². The normalized spacial score (nSPS) is 15.9. The number of benzene rings is 2. The zero-order valence-corrected chi connectivity index (χ0v) is 17.6. The van der Waals surface area contributed by atoms with Crippen LogP contribution in [0, 0.1) is 5.92 Å². The smallest absolute Gasteiger partial charge is 0.272 e. The van der Waals surface area contributed by atoms with Gasteiger partial charge in [0.1, 0.15) is 0 Å². The molecule has 3 aromatic rings. The predicted octanol–water partition coefficient (Wildman–Crippen LogP) is 4.20. The Kier molecular flexibility index (Phi) is 5.06. The Morgan fingerprint density at radius 3 is 2.48 bits per heavy atom. The van der Waals surface area contributed by atoms with Gasteiger partial charge in [-0.1, -0.05) is 30.3 Å². The van der Waals surface area contributed by atoms with Crippen molar-refractivity contribution in [1.29, 1.82) is 0 Å². The van der Waals surface area contributed by atoms with Crippen molar-refractivity contribution in [2.75, 3.05) is 5.32 Å². The summed E-state index contributed by atoms with van der Waals surface area (Å²) in [6.07, 6.45) is 4.83. The van der Waals surface area contributed by atoms with Crippen molar-refractivity contribution >= 4 is 17.5 Å². The summed E-state index contributed by atoms with van der Waals surface area (Å²) in [5, 5.41) is 10.7. The number of hydrogen-bond acceptors (Lipinski definition) is 3. The first-order chi connectivity index (χ1) is 15.1. The second kappa shape index (κ2) is 8.02. The van der Waals surface area contributed by atoms with Gasteiger partial charge < -0.3 is 10.6 Å². The van der Waals surface area contributed by atoms with E-state index in [1.54, 1.807) is 0 Å². The number of fused-ring (bicyclic) bond motifs is 1. The zero-order valence-electron chi connectivity index (χ0n) is 17.6. The first kappa shape index (κ1) is 19.5. The molecule has 2 amide bonds. The lowest BCUT2D eigenvalue weighted by molar-refractivity contribution is -0.117. The first-order valence-electron chi connectivity index (χ1n) is 11.0. The standard InChI is InChI=1S/C25H26N4O2/c1-16(17-12-14-19(15-13-17)27-24(30)18-10-11-18)26-25(31)23-21-8-5-9-22(21)29(28-23)20-6-3-2-4-7-20/h2-4,6-7,12-16,18H,5,8-11H2,1H3,(H,26,31)(H,27,30). The summed E-state index contributed by atoms with van der Waals surface area (Å²) >= 11 is 0. The van der Waals surface area contributed by atoms with Gasteiger partial charge in [0.05, 0.1) is 11.7 Å². The summed E-state index contributed by atoms with van der Waals surface area (Å²) in [4.78, 5) is 25.0. The van der Waals surface area contributed by atoms with Crippen molar-refractivity contribution in [3.05, 3.63) is 77.1 Å². The highest BCUT2D eigenvalue weighted by Crippen LogP contribution is 2.31. The molecule has 31 heavy (non-hydrogen) atoms. The predicted molar refractivity (Wildman–Crippen MR) is 119 cm³/mol. The summed E-state index contributed by atoms with van der Waals surface area (Å²) in [5.74, 6) is 0.124. The molecule has 2 aromatic carbocycles. The van der Waals surface area contributed by atoms with Crippen LogP contribution in [-0.2, 0) is 17.6 Å². The van der Waals surface area contributed by atoms with Gasteiger partial charge >= 0.3 is 0 Å². The third-order valence-electron chi connectivity index (χ3n) is 6.12. The number of carbonyl (C=O) groups is 2. The molecule has 1 unspecified atom stereocenters. The molecule has 0 saturated heterocycles. The lowest BCUT2D eigenvalue weighted by Crippen LogP contribution is -2.28. The summed E-state index contributed by atoms with van der Waals surface area (Å²) in [6.45, 7) is 1.96. The van der Waals surface area contributed by atoms with Crippen molar-refractivity contribution in [2.24, 2.45) is 5.92 Å². The molecule has 1 fully saturated rings. The van der Waals surface area contributed by atoms with Crippen molar-refractivity contribution in [2.45, 2.75) is 45.1 Å². The van der Waals surface area contributed by atoms with Gasteiger partial charge in [-0.2, -0.15) is 5.10 Å². The fourth-order valence-corrected chi connectivity index (χ4v) is 4.20. The number of carbonyl (C=O) groups excluding carboxylic acids is 2. The van der Waals surface area contributed by atoms with E-state index in [1.165, 1.54) is 0 Å². The molecule has 5 rings (SSSR count). The van der Waals surface area contributed by atoms with Crippen LogP contribution in [0.25, 0.3) is 5.69 Å². The fourth-order valence-electron chi connectivity index (χ4n) is 4.20. The molecule has 2 N–H and O–H groups in total. The van der Waals surface area contributed by atoms with Gasteiger partial charge in [-0.15, -0.1) is 0 Å². The zero-order chi connectivity index (χ0) is 21.4. The number of nitrogens with zero attached hydrogens (tertiary/aromatic N) is 2. The molecular formula is C25H26N4O2. The molecule has 1 saturated carbocycles. The number of nitrogens with one attached hydrogen (secondary N) is 2. The average molecular weight is 415 g/mol. The van der Waals surface area contributed by atoms with Crippen LogP contribution in [0.4, 0.5) is 5.69 Å². The maximum absolute atomic E-state index is 13.1. The molecular weight excluding hydrogens is 388 g/mol. The van der Waals surface area contributed by atoms with Crippen molar-refractivity contribution in [3.63, 3.8) is 0 Å². The highest BCUT2D eigenvalue weighted by molar-refractivity contribution is 5.95. The second-order valence-corrected chi connectivity index (χ2v) is 8.46. The highest BCUT2D eigenvalue weighted by atomic mass is 16.2. The second-order valence-electron chi connectivity index (χ2n) is 8.46. The summed E-state index contributed by atoms with van der Waals surface area (Å²) in [6, 6.07) is 17.5. The minimum Gasteiger partial charge on any atom is -0.344 e. The molecule has 1 atom stereocenters. The molecule has 0 spiro atoms. The largest absolute Gasteiger partial charge is 0.344 e. The van der Waals surface area contributed by atoms with Crippen LogP contribution in [0.2, 0.25) is 0 Å². The quantitative estimate of drug-likeness (QED) is 0.635. The number of para-hydroxylation sites is 1. The Morgan fingerprint density at radius 2 is 1.77 bits per heavy atom. The Bertz CT molecular complexity index is 1110. The fraction of sp³-hybridized carbons (Fsp3) is 0.320. The van der Waals surface area contributed by atoms with Crippen LogP contribution in [0.3, 0.4) is 0 Å². The van der Waals surface area contributed by atoms with Gasteiger partial charge in [-0.05, 0) is 68.9 Å². The van der Waals surface area contributed by atoms with E-state index in [-0.39, 0.29) is 23.8 Å². The van der Waals surface area contributed by atoms with E-state index in [4.69, 9.17) is 0 Å². The Balaban J connectivity index is 1.30. The van der Waals surface area contributed by atoms with Gasteiger partial charge in [0, 0.05) is 22.9 Å². The maximum Gasteiger partial charge on any atom is 0.272 e. The Labute approximate surface area is 181 Å². The van der Waals surface area contributed by atoms with Crippen molar-refractivity contribution in [1.82, 2.24) is 15.1 Å². The summed E-state index contributed by atoms with van der Waals surface area (Å²) < 4.78 is 1.92. The number of hydrogen-bond donors (Lipinski definition) is 2. The SMILES string of the molecule is CC(NC(=O)c1nn(-c2ccccc2)c2c1CCC2)c1ccc(NC(=O)C2CC2)cc1. The topological polar surface area (TPSA) is 76.0 Å². The summed E-state index contributed by atoms with van der Waals surface area (Å²) in [5.41, 5.74) is 5.48. The number of anilines is 1. The Hall–Kier alpha value is -3.41. The maximum atomic E-state index is 13.1. The number of aromatic nitrogens is 2. The lowest BCUT2D eigenvalue weighted by atomic mass is 10.1. The van der Waals surface area contributed by atoms with Crippen LogP contribution in [0.15, 0.2) is 54.6 Å². The van der Waals surface area contributed by atoms with Gasteiger partial charge in [-0.25, -0.2) is 4.68 Å². The molecule has 158 valence electrons. The molecule has 6 heteroatoms. The molecule has 2 aliphatic carbocycles. The molecule has 1 heterocycles. The Morgan fingerprint density at radius 1 is 1.03 bits per heavy atom. The van der Waals surface area contributed by atoms with Crippen LogP contribution in [0.5, 0.6) is 0 Å². The van der Waals surface area contributed by atoms with Crippen LogP contribution >= 0.6 is 0 Å². The summed E-state index contributed by atoms with van der Waals surface area (Å²) in [7, 11) is 0. The van der Waals surface area contributed by atoms with Crippen LogP contribution in [-0.4, -0.2) is 21.6 Å². The van der Waals surface area contributed by atoms with Crippen LogP contribution < -0.4 is 10.6 Å². The van der Waals surface area contributed by atoms with E-state index in [1.807, 2.05) is 66.2 Å². The monoisotopic (exact) mass is 414 g/mol. The van der Waals surface area contributed by atoms with E-state index in [9.17, 15) is 9.59 Å². The van der Waals surface area contributed by atoms with Crippen molar-refractivity contribution in [3.8, 4) is 5.69 Å². The molecule has 0 bridgehead atoms. The third kappa shape index (κ3) is 3.98. The van der Waals surface area contributed by atoms with E-state index < -0.39 is 0 Å². The molecule has 6 nitrogen and oxygen atoms in total. The average Bonchev–Trinajstić information content (AvgIpc) is 3.42. The van der Waals surface area contributed by atoms with Crippen molar-refractivity contribution < 1.29 is 9.59 Å². The van der Waals surface area contributed by atoms with Gasteiger partial charge in [0.2, 0.25) is 5.91 Å². The van der Waals surface area contributed by atoms with E-state index >= 15 is 0 Å². The van der Waals surface area contributed by atoms with Gasteiger partial charge in [0.25, 0.3) is 5.91 Å². The number of rotatable bonds is 6. The minimum absolute atomic E-state index is 0.0944. The first-order valence-corrected chi connectivity index (χ1v) is 11.0. The minimum atomic E-state index is -0.167. The van der Waals surface area contributed by atoms with E-state index in [0.29, 0.717) is 5.69 Å². The molecule has 0 radical (unpaired) electrons. The van der Waals surface area contributed by atoms with E-state index in [2.05, 4.69) is 15.7 Å². The van der Waals surface area contributed by atoms with Crippen LogP contribution in [0.1, 0.15) is 59.5 Å². The highest BCUT2D eigenvalue weighted by Gasteiger charge is 2.30. The molecule has 2 aliphatic rings. The van der Waals surface area contributed by atoms with Gasteiger partial charge in [-0.3, -0.25) is 9.59 Å².